The maximum atomic E-state index is 12.6. The molecule has 0 spiro atoms. The third-order valence-corrected chi connectivity index (χ3v) is 5.15. The number of carbonyl (C=O) groups is 1. The molecule has 3 aromatic carbocycles. The van der Waals surface area contributed by atoms with Crippen LogP contribution in [0.4, 0.5) is 0 Å². The number of ether oxygens (including phenoxy) is 1. The predicted octanol–water partition coefficient (Wildman–Crippen LogP) is 5.50. The summed E-state index contributed by atoms with van der Waals surface area (Å²) in [5.41, 5.74) is 1.58. The van der Waals surface area contributed by atoms with E-state index < -0.39 is 0 Å². The van der Waals surface area contributed by atoms with Gasteiger partial charge >= 0.3 is 0 Å². The highest BCUT2D eigenvalue weighted by molar-refractivity contribution is 5.93. The minimum atomic E-state index is -0.370. The van der Waals surface area contributed by atoms with Crippen molar-refractivity contribution in [2.24, 2.45) is 5.92 Å². The van der Waals surface area contributed by atoms with Gasteiger partial charge in [0.2, 0.25) is 0 Å². The van der Waals surface area contributed by atoms with Crippen LogP contribution in [0.2, 0.25) is 0 Å². The minimum Gasteiger partial charge on any atom is -0.457 e. The van der Waals surface area contributed by atoms with E-state index in [-0.39, 0.29) is 17.9 Å². The monoisotopic (exact) mass is 385 g/mol. The lowest BCUT2D eigenvalue weighted by Gasteiger charge is -2.28. The molecule has 0 aliphatic heterocycles. The fourth-order valence-electron chi connectivity index (χ4n) is 3.68. The molecule has 1 aliphatic carbocycles. The second-order valence-corrected chi connectivity index (χ2v) is 7.18. The second kappa shape index (κ2) is 8.76. The molecule has 1 amide bonds. The predicted molar refractivity (Wildman–Crippen MR) is 112 cm³/mol. The number of amides is 1. The van der Waals surface area contributed by atoms with Gasteiger partial charge in [0.15, 0.2) is 0 Å². The van der Waals surface area contributed by atoms with Gasteiger partial charge in [-0.15, -0.1) is 0 Å². The third kappa shape index (κ3) is 4.55. The molecule has 0 heterocycles. The second-order valence-electron chi connectivity index (χ2n) is 7.18. The third-order valence-electron chi connectivity index (χ3n) is 5.15. The summed E-state index contributed by atoms with van der Waals surface area (Å²) < 4.78 is 5.92. The number of rotatable bonds is 6. The summed E-state index contributed by atoms with van der Waals surface area (Å²) in [4.78, 5) is 12.6. The first kappa shape index (κ1) is 19.0. The summed E-state index contributed by atoms with van der Waals surface area (Å²) in [5, 5.41) is 11.5. The SMILES string of the molecule is O=C(c1ccccc1)N(O)[C@H]1CC=C[C@@H]1Cc1cccc(Oc2ccccc2)c1. The molecule has 0 saturated heterocycles. The Morgan fingerprint density at radius 1 is 0.931 bits per heavy atom. The molecule has 0 aromatic heterocycles. The van der Waals surface area contributed by atoms with Gasteiger partial charge in [0, 0.05) is 11.5 Å². The average molecular weight is 385 g/mol. The number of para-hydroxylation sites is 1. The van der Waals surface area contributed by atoms with Crippen LogP contribution in [0.1, 0.15) is 22.3 Å². The van der Waals surface area contributed by atoms with E-state index in [4.69, 9.17) is 4.74 Å². The van der Waals surface area contributed by atoms with E-state index in [0.29, 0.717) is 18.4 Å². The van der Waals surface area contributed by atoms with Crippen molar-refractivity contribution < 1.29 is 14.7 Å². The lowest BCUT2D eigenvalue weighted by Crippen LogP contribution is -2.40. The number of hydroxylamine groups is 2. The molecule has 1 N–H and O–H groups in total. The normalized spacial score (nSPS) is 17.8. The summed E-state index contributed by atoms with van der Waals surface area (Å²) in [6.07, 6.45) is 5.46. The fourth-order valence-corrected chi connectivity index (χ4v) is 3.68. The van der Waals surface area contributed by atoms with E-state index in [1.807, 2.05) is 66.7 Å². The van der Waals surface area contributed by atoms with E-state index in [0.717, 1.165) is 22.1 Å². The van der Waals surface area contributed by atoms with Gasteiger partial charge in [-0.1, -0.05) is 60.7 Å². The lowest BCUT2D eigenvalue weighted by molar-refractivity contribution is -0.0952. The molecule has 146 valence electrons. The van der Waals surface area contributed by atoms with Crippen molar-refractivity contribution in [2.45, 2.75) is 18.9 Å². The van der Waals surface area contributed by atoms with Crippen LogP contribution in [-0.4, -0.2) is 22.2 Å². The van der Waals surface area contributed by atoms with Gasteiger partial charge < -0.3 is 4.74 Å². The number of benzene rings is 3. The van der Waals surface area contributed by atoms with Crippen LogP contribution in [0.5, 0.6) is 11.5 Å². The van der Waals surface area contributed by atoms with Crippen molar-refractivity contribution >= 4 is 5.91 Å². The van der Waals surface area contributed by atoms with Crippen LogP contribution < -0.4 is 4.74 Å². The Bertz CT molecular complexity index is 985. The molecule has 0 radical (unpaired) electrons. The average Bonchev–Trinajstić information content (AvgIpc) is 3.22. The van der Waals surface area contributed by atoms with Crippen molar-refractivity contribution in [3.05, 3.63) is 108 Å². The van der Waals surface area contributed by atoms with Gasteiger partial charge in [0.05, 0.1) is 6.04 Å². The van der Waals surface area contributed by atoms with Crippen LogP contribution in [0.3, 0.4) is 0 Å². The Morgan fingerprint density at radius 2 is 1.62 bits per heavy atom. The minimum absolute atomic E-state index is 0.0413. The summed E-state index contributed by atoms with van der Waals surface area (Å²) in [7, 11) is 0. The van der Waals surface area contributed by atoms with Crippen molar-refractivity contribution in [3.8, 4) is 11.5 Å². The summed E-state index contributed by atoms with van der Waals surface area (Å²) >= 11 is 0. The van der Waals surface area contributed by atoms with Crippen LogP contribution >= 0.6 is 0 Å². The van der Waals surface area contributed by atoms with Gasteiger partial charge in [-0.25, -0.2) is 5.06 Å². The number of nitrogens with zero attached hydrogens (tertiary/aromatic N) is 1. The van der Waals surface area contributed by atoms with Crippen molar-refractivity contribution in [1.29, 1.82) is 0 Å². The van der Waals surface area contributed by atoms with Gasteiger partial charge in [0.1, 0.15) is 11.5 Å². The first-order chi connectivity index (χ1) is 14.2. The molecule has 29 heavy (non-hydrogen) atoms. The summed E-state index contributed by atoms with van der Waals surface area (Å²) in [6.45, 7) is 0. The van der Waals surface area contributed by atoms with Crippen LogP contribution in [0.25, 0.3) is 0 Å². The molecule has 0 unspecified atom stereocenters. The quantitative estimate of drug-likeness (QED) is 0.346. The lowest BCUT2D eigenvalue weighted by atomic mass is 9.94. The van der Waals surface area contributed by atoms with Gasteiger partial charge in [-0.05, 0) is 54.8 Å². The highest BCUT2D eigenvalue weighted by Gasteiger charge is 2.31. The van der Waals surface area contributed by atoms with E-state index in [9.17, 15) is 10.0 Å². The highest BCUT2D eigenvalue weighted by Crippen LogP contribution is 2.29. The molecule has 2 atom stereocenters. The Kier molecular flexibility index (Phi) is 5.73. The van der Waals surface area contributed by atoms with E-state index in [1.54, 1.807) is 24.3 Å². The van der Waals surface area contributed by atoms with E-state index in [1.165, 1.54) is 0 Å². The number of carbonyl (C=O) groups excluding carboxylic acids is 1. The molecular formula is C25H23NO3. The Labute approximate surface area is 170 Å². The molecule has 4 nitrogen and oxygen atoms in total. The molecule has 1 aliphatic rings. The first-order valence-electron chi connectivity index (χ1n) is 9.77. The Morgan fingerprint density at radius 3 is 2.38 bits per heavy atom. The molecule has 0 fully saturated rings. The van der Waals surface area contributed by atoms with E-state index >= 15 is 0 Å². The number of hydrogen-bond donors (Lipinski definition) is 1. The van der Waals surface area contributed by atoms with Crippen LogP contribution in [0.15, 0.2) is 97.1 Å². The van der Waals surface area contributed by atoms with Gasteiger partial charge in [-0.2, -0.15) is 0 Å². The van der Waals surface area contributed by atoms with E-state index in [2.05, 4.69) is 6.08 Å². The molecule has 3 aromatic rings. The number of hydrogen-bond acceptors (Lipinski definition) is 3. The first-order valence-corrected chi connectivity index (χ1v) is 9.77. The molecule has 4 heteroatoms. The zero-order valence-corrected chi connectivity index (χ0v) is 16.0. The van der Waals surface area contributed by atoms with Crippen molar-refractivity contribution in [3.63, 3.8) is 0 Å². The van der Waals surface area contributed by atoms with Crippen molar-refractivity contribution in [1.82, 2.24) is 5.06 Å². The van der Waals surface area contributed by atoms with Crippen LogP contribution in [-0.2, 0) is 6.42 Å². The van der Waals surface area contributed by atoms with Crippen molar-refractivity contribution in [2.75, 3.05) is 0 Å². The maximum absolute atomic E-state index is 12.6. The molecule has 4 rings (SSSR count). The standard InChI is InChI=1S/C25H23NO3/c27-25(20-10-3-1-4-11-20)26(28)24-16-8-12-21(24)17-19-9-7-15-23(18-19)29-22-13-5-2-6-14-22/h1-15,18,21,24,28H,16-17H2/t21-,24+/m1/s1. The molecular weight excluding hydrogens is 362 g/mol. The Hall–Kier alpha value is -3.37. The smallest absolute Gasteiger partial charge is 0.277 e. The summed E-state index contributed by atoms with van der Waals surface area (Å²) in [6, 6.07) is 26.2. The zero-order valence-electron chi connectivity index (χ0n) is 16.0. The molecule has 0 bridgehead atoms. The maximum Gasteiger partial charge on any atom is 0.277 e. The largest absolute Gasteiger partial charge is 0.457 e. The summed E-state index contributed by atoms with van der Waals surface area (Å²) in [5.74, 6) is 1.23. The highest BCUT2D eigenvalue weighted by atomic mass is 16.5. The topological polar surface area (TPSA) is 49.8 Å². The molecule has 0 saturated carbocycles. The van der Waals surface area contributed by atoms with Crippen LogP contribution in [0, 0.1) is 5.92 Å². The van der Waals surface area contributed by atoms with Gasteiger partial charge in [-0.3, -0.25) is 10.0 Å². The fraction of sp³-hybridized carbons (Fsp3) is 0.160. The zero-order chi connectivity index (χ0) is 20.1. The van der Waals surface area contributed by atoms with Gasteiger partial charge in [0.25, 0.3) is 5.91 Å². The Balaban J connectivity index is 1.45.